The van der Waals surface area contributed by atoms with Crippen molar-refractivity contribution >= 4 is 15.9 Å². The molecule has 1 N–H and O–H groups in total. The molecular formula is C24H25FN4O4S. The molecule has 1 fully saturated rings. The molecule has 178 valence electrons. The minimum Gasteiger partial charge on any atom is -0.350 e. The molecule has 0 bridgehead atoms. The molecular weight excluding hydrogens is 459 g/mol. The van der Waals surface area contributed by atoms with Crippen molar-refractivity contribution in [2.75, 3.05) is 19.6 Å². The largest absolute Gasteiger partial charge is 0.350 e. The molecule has 1 aliphatic heterocycles. The first kappa shape index (κ1) is 23.8. The molecule has 1 amide bonds. The number of carbonyl (C=O) groups excluding carboxylic acids is 1. The Bertz CT molecular complexity index is 1320. The van der Waals surface area contributed by atoms with Crippen LogP contribution in [0, 0.1) is 5.82 Å². The molecule has 4 rings (SSSR count). The molecule has 0 radical (unpaired) electrons. The Morgan fingerprint density at radius 2 is 1.62 bits per heavy atom. The fourth-order valence-corrected chi connectivity index (χ4v) is 5.31. The van der Waals surface area contributed by atoms with Crippen LogP contribution in [0.1, 0.15) is 29.6 Å². The second-order valence-electron chi connectivity index (χ2n) is 8.03. The summed E-state index contributed by atoms with van der Waals surface area (Å²) in [6.07, 6.45) is 2.73. The van der Waals surface area contributed by atoms with Gasteiger partial charge in [0, 0.05) is 36.8 Å². The minimum atomic E-state index is -3.56. The second-order valence-corrected chi connectivity index (χ2v) is 9.97. The second kappa shape index (κ2) is 10.3. The maximum Gasteiger partial charge on any atom is 0.266 e. The van der Waals surface area contributed by atoms with Crippen LogP contribution in [-0.4, -0.2) is 48.0 Å². The number of sulfonamides is 1. The van der Waals surface area contributed by atoms with Crippen LogP contribution < -0.4 is 10.9 Å². The van der Waals surface area contributed by atoms with Crippen LogP contribution >= 0.6 is 0 Å². The van der Waals surface area contributed by atoms with E-state index in [2.05, 4.69) is 10.4 Å². The van der Waals surface area contributed by atoms with Gasteiger partial charge >= 0.3 is 0 Å². The highest BCUT2D eigenvalue weighted by atomic mass is 32.2. The van der Waals surface area contributed by atoms with Gasteiger partial charge in [-0.05, 0) is 67.4 Å². The number of nitrogens with zero attached hydrogens (tertiary/aromatic N) is 3. The van der Waals surface area contributed by atoms with Gasteiger partial charge in [0.25, 0.3) is 11.5 Å². The summed E-state index contributed by atoms with van der Waals surface area (Å²) in [7, 11) is -3.56. The third kappa shape index (κ3) is 5.40. The zero-order chi connectivity index (χ0) is 24.1. The summed E-state index contributed by atoms with van der Waals surface area (Å²) in [5.74, 6) is -0.749. The first-order chi connectivity index (χ1) is 16.3. The highest BCUT2D eigenvalue weighted by molar-refractivity contribution is 7.89. The summed E-state index contributed by atoms with van der Waals surface area (Å²) in [6, 6.07) is 14.5. The number of aromatic nitrogens is 2. The Morgan fingerprint density at radius 3 is 2.29 bits per heavy atom. The third-order valence-corrected chi connectivity index (χ3v) is 7.60. The van der Waals surface area contributed by atoms with E-state index in [-0.39, 0.29) is 35.3 Å². The smallest absolute Gasteiger partial charge is 0.266 e. The summed E-state index contributed by atoms with van der Waals surface area (Å²) < 4.78 is 41.3. The quantitative estimate of drug-likeness (QED) is 0.556. The summed E-state index contributed by atoms with van der Waals surface area (Å²) in [6.45, 7) is 1.31. The number of carbonyl (C=O) groups is 1. The first-order valence-corrected chi connectivity index (χ1v) is 12.5. The average Bonchev–Trinajstić information content (AvgIpc) is 2.86. The molecule has 3 aromatic rings. The summed E-state index contributed by atoms with van der Waals surface area (Å²) in [5, 5.41) is 7.00. The lowest BCUT2D eigenvalue weighted by Crippen LogP contribution is -2.35. The van der Waals surface area contributed by atoms with Crippen LogP contribution in [0.25, 0.3) is 11.3 Å². The van der Waals surface area contributed by atoms with E-state index in [1.807, 2.05) is 0 Å². The molecule has 2 heterocycles. The molecule has 0 unspecified atom stereocenters. The van der Waals surface area contributed by atoms with Gasteiger partial charge in [-0.3, -0.25) is 9.59 Å². The molecule has 10 heteroatoms. The van der Waals surface area contributed by atoms with E-state index in [1.54, 1.807) is 18.2 Å². The number of piperidine rings is 1. The molecule has 1 aromatic heterocycles. The van der Waals surface area contributed by atoms with Crippen molar-refractivity contribution < 1.29 is 17.6 Å². The van der Waals surface area contributed by atoms with Crippen LogP contribution in [0.2, 0.25) is 0 Å². The zero-order valence-electron chi connectivity index (χ0n) is 18.5. The third-order valence-electron chi connectivity index (χ3n) is 5.69. The number of rotatable bonds is 7. The fraction of sp³-hybridized carbons (Fsp3) is 0.292. The molecule has 34 heavy (non-hydrogen) atoms. The van der Waals surface area contributed by atoms with Crippen molar-refractivity contribution in [1.29, 1.82) is 0 Å². The van der Waals surface area contributed by atoms with Crippen LogP contribution in [0.5, 0.6) is 0 Å². The minimum absolute atomic E-state index is 0.140. The maximum absolute atomic E-state index is 13.1. The highest BCUT2D eigenvalue weighted by Gasteiger charge is 2.25. The van der Waals surface area contributed by atoms with Gasteiger partial charge in [0.05, 0.1) is 17.1 Å². The lowest BCUT2D eigenvalue weighted by molar-refractivity contribution is 0.0951. The standard InChI is InChI=1S/C24H25FN4O4S/c25-20-8-4-18(5-9-20)22-12-13-23(30)29(27-22)17-14-26-24(31)19-6-10-21(11-7-19)34(32,33)28-15-2-1-3-16-28/h4-13H,1-3,14-17H2,(H,26,31). The van der Waals surface area contributed by atoms with E-state index in [4.69, 9.17) is 0 Å². The van der Waals surface area contributed by atoms with E-state index in [1.165, 1.54) is 51.5 Å². The van der Waals surface area contributed by atoms with Gasteiger partial charge in [-0.25, -0.2) is 17.5 Å². The van der Waals surface area contributed by atoms with Crippen LogP contribution in [0.15, 0.2) is 70.4 Å². The van der Waals surface area contributed by atoms with Crippen molar-refractivity contribution in [3.63, 3.8) is 0 Å². The summed E-state index contributed by atoms with van der Waals surface area (Å²) in [5.41, 5.74) is 1.17. The predicted octanol–water partition coefficient (Wildman–Crippen LogP) is 2.65. The number of benzene rings is 2. The highest BCUT2D eigenvalue weighted by Crippen LogP contribution is 2.21. The Kier molecular flexibility index (Phi) is 7.18. The van der Waals surface area contributed by atoms with Gasteiger partial charge in [-0.2, -0.15) is 9.40 Å². The van der Waals surface area contributed by atoms with E-state index < -0.39 is 10.0 Å². The molecule has 1 aliphatic rings. The molecule has 0 spiro atoms. The van der Waals surface area contributed by atoms with Crippen molar-refractivity contribution in [3.05, 3.63) is 82.4 Å². The number of nitrogens with one attached hydrogen (secondary N) is 1. The van der Waals surface area contributed by atoms with Crippen molar-refractivity contribution in [1.82, 2.24) is 19.4 Å². The Hall–Kier alpha value is -3.37. The number of hydrogen-bond acceptors (Lipinski definition) is 5. The molecule has 0 aliphatic carbocycles. The summed E-state index contributed by atoms with van der Waals surface area (Å²) >= 11 is 0. The zero-order valence-corrected chi connectivity index (χ0v) is 19.3. The number of hydrogen-bond donors (Lipinski definition) is 1. The molecule has 1 saturated heterocycles. The topological polar surface area (TPSA) is 101 Å². The monoisotopic (exact) mass is 484 g/mol. The Balaban J connectivity index is 1.37. The first-order valence-electron chi connectivity index (χ1n) is 11.1. The van der Waals surface area contributed by atoms with Gasteiger partial charge in [0.15, 0.2) is 0 Å². The van der Waals surface area contributed by atoms with E-state index in [9.17, 15) is 22.4 Å². The molecule has 8 nitrogen and oxygen atoms in total. The van der Waals surface area contributed by atoms with Gasteiger partial charge < -0.3 is 5.32 Å². The predicted molar refractivity (Wildman–Crippen MR) is 125 cm³/mol. The van der Waals surface area contributed by atoms with Crippen molar-refractivity contribution in [2.45, 2.75) is 30.7 Å². The van der Waals surface area contributed by atoms with Crippen molar-refractivity contribution in [2.24, 2.45) is 0 Å². The Labute approximate surface area is 197 Å². The molecule has 0 atom stereocenters. The SMILES string of the molecule is O=C(NCCn1nc(-c2ccc(F)cc2)ccc1=O)c1ccc(S(=O)(=O)N2CCCCC2)cc1. The number of amides is 1. The van der Waals surface area contributed by atoms with Gasteiger partial charge in [0.1, 0.15) is 5.82 Å². The van der Waals surface area contributed by atoms with Gasteiger partial charge in [-0.1, -0.05) is 6.42 Å². The number of halogens is 1. The van der Waals surface area contributed by atoms with Crippen LogP contribution in [0.4, 0.5) is 4.39 Å². The molecule has 0 saturated carbocycles. The van der Waals surface area contributed by atoms with E-state index in [0.29, 0.717) is 29.9 Å². The summed E-state index contributed by atoms with van der Waals surface area (Å²) in [4.78, 5) is 24.8. The lowest BCUT2D eigenvalue weighted by Gasteiger charge is -2.25. The Morgan fingerprint density at radius 1 is 0.941 bits per heavy atom. The average molecular weight is 485 g/mol. The van der Waals surface area contributed by atoms with Crippen molar-refractivity contribution in [3.8, 4) is 11.3 Å². The molecule has 2 aromatic carbocycles. The van der Waals surface area contributed by atoms with Gasteiger partial charge in [0.2, 0.25) is 10.0 Å². The maximum atomic E-state index is 13.1. The normalized spacial score (nSPS) is 14.6. The van der Waals surface area contributed by atoms with E-state index >= 15 is 0 Å². The lowest BCUT2D eigenvalue weighted by atomic mass is 10.1. The van der Waals surface area contributed by atoms with E-state index in [0.717, 1.165) is 19.3 Å². The fourth-order valence-electron chi connectivity index (χ4n) is 3.79. The van der Waals surface area contributed by atoms with Gasteiger partial charge in [-0.15, -0.1) is 0 Å². The van der Waals surface area contributed by atoms with Crippen LogP contribution in [-0.2, 0) is 16.6 Å². The van der Waals surface area contributed by atoms with Crippen LogP contribution in [0.3, 0.4) is 0 Å².